The molecule has 1 atom stereocenters. The van der Waals surface area contributed by atoms with Crippen LogP contribution in [0, 0.1) is 0 Å². The van der Waals surface area contributed by atoms with Crippen molar-refractivity contribution in [2.75, 3.05) is 0 Å². The smallest absolute Gasteiger partial charge is 0.254 e. The highest BCUT2D eigenvalue weighted by atomic mass is 16.1. The Morgan fingerprint density at radius 1 is 1.14 bits per heavy atom. The van der Waals surface area contributed by atoms with Crippen LogP contribution in [0.1, 0.15) is 49.9 Å². The molecule has 116 valence electrons. The van der Waals surface area contributed by atoms with Gasteiger partial charge in [0.1, 0.15) is 0 Å². The summed E-state index contributed by atoms with van der Waals surface area (Å²) in [6.07, 6.45) is 7.71. The zero-order chi connectivity index (χ0) is 15.8. The summed E-state index contributed by atoms with van der Waals surface area (Å²) in [7, 11) is 0. The van der Waals surface area contributed by atoms with Crippen molar-refractivity contribution in [1.82, 2.24) is 15.3 Å². The Hall–Kier alpha value is -2.23. The topological polar surface area (TPSA) is 54.9 Å². The molecule has 4 nitrogen and oxygen atoms in total. The maximum Gasteiger partial charge on any atom is 0.254 e. The third-order valence-electron chi connectivity index (χ3n) is 3.56. The lowest BCUT2D eigenvalue weighted by Crippen LogP contribution is -2.32. The number of nitrogens with one attached hydrogen (secondary N) is 1. The lowest BCUT2D eigenvalue weighted by atomic mass is 10.1. The van der Waals surface area contributed by atoms with Gasteiger partial charge in [-0.05, 0) is 13.3 Å². The van der Waals surface area contributed by atoms with Gasteiger partial charge < -0.3 is 5.32 Å². The summed E-state index contributed by atoms with van der Waals surface area (Å²) in [6.45, 7) is 4.21. The molecular formula is C18H23N3O. The molecule has 1 N–H and O–H groups in total. The summed E-state index contributed by atoms with van der Waals surface area (Å²) in [5.74, 6) is 0.525. The van der Waals surface area contributed by atoms with Gasteiger partial charge in [-0.3, -0.25) is 4.79 Å². The first kappa shape index (κ1) is 16.1. The van der Waals surface area contributed by atoms with Gasteiger partial charge in [-0.2, -0.15) is 0 Å². The molecule has 0 spiro atoms. The van der Waals surface area contributed by atoms with E-state index in [4.69, 9.17) is 0 Å². The number of aromatic nitrogens is 2. The van der Waals surface area contributed by atoms with Crippen molar-refractivity contribution >= 4 is 5.91 Å². The molecule has 2 rings (SSSR count). The zero-order valence-electron chi connectivity index (χ0n) is 13.2. The van der Waals surface area contributed by atoms with E-state index in [1.165, 1.54) is 12.8 Å². The van der Waals surface area contributed by atoms with Gasteiger partial charge in [-0.1, -0.05) is 56.5 Å². The Bertz CT molecular complexity index is 581. The van der Waals surface area contributed by atoms with Crippen LogP contribution in [0.15, 0.2) is 42.7 Å². The molecule has 1 heterocycles. The van der Waals surface area contributed by atoms with Crippen LogP contribution in [0.3, 0.4) is 0 Å². The van der Waals surface area contributed by atoms with Crippen molar-refractivity contribution in [1.29, 1.82) is 0 Å². The van der Waals surface area contributed by atoms with Crippen molar-refractivity contribution in [2.45, 2.75) is 45.6 Å². The Labute approximate surface area is 132 Å². The molecule has 0 aliphatic carbocycles. The normalized spacial score (nSPS) is 11.9. The highest BCUT2D eigenvalue weighted by Crippen LogP contribution is 2.13. The summed E-state index contributed by atoms with van der Waals surface area (Å²) in [5.41, 5.74) is 1.45. The molecule has 1 aromatic heterocycles. The van der Waals surface area contributed by atoms with Crippen LogP contribution in [-0.2, 0) is 0 Å². The van der Waals surface area contributed by atoms with E-state index < -0.39 is 0 Å². The number of hydrogen-bond acceptors (Lipinski definition) is 3. The highest BCUT2D eigenvalue weighted by molar-refractivity contribution is 5.93. The monoisotopic (exact) mass is 297 g/mol. The number of unbranched alkanes of at least 4 members (excludes halogenated alkanes) is 2. The third kappa shape index (κ3) is 4.65. The lowest BCUT2D eigenvalue weighted by molar-refractivity contribution is 0.0937. The van der Waals surface area contributed by atoms with Crippen LogP contribution in [0.5, 0.6) is 0 Å². The fourth-order valence-corrected chi connectivity index (χ4v) is 2.26. The first-order valence-electron chi connectivity index (χ1n) is 7.89. The third-order valence-corrected chi connectivity index (χ3v) is 3.56. The van der Waals surface area contributed by atoms with Crippen LogP contribution in [0.2, 0.25) is 0 Å². The van der Waals surface area contributed by atoms with Crippen LogP contribution in [0.25, 0.3) is 11.4 Å². The Morgan fingerprint density at radius 3 is 2.45 bits per heavy atom. The minimum absolute atomic E-state index is 0.108. The van der Waals surface area contributed by atoms with Crippen molar-refractivity contribution in [3.63, 3.8) is 0 Å². The minimum Gasteiger partial charge on any atom is -0.349 e. The highest BCUT2D eigenvalue weighted by Gasteiger charge is 2.11. The summed E-state index contributed by atoms with van der Waals surface area (Å²) < 4.78 is 0. The van der Waals surface area contributed by atoms with Gasteiger partial charge in [-0.15, -0.1) is 0 Å². The molecule has 0 aliphatic rings. The first-order valence-corrected chi connectivity index (χ1v) is 7.89. The Morgan fingerprint density at radius 2 is 1.82 bits per heavy atom. The molecule has 0 aliphatic heterocycles. The van der Waals surface area contributed by atoms with Crippen molar-refractivity contribution in [3.05, 3.63) is 48.3 Å². The second kappa shape index (κ2) is 8.27. The van der Waals surface area contributed by atoms with E-state index in [0.717, 1.165) is 18.4 Å². The summed E-state index contributed by atoms with van der Waals surface area (Å²) >= 11 is 0. The predicted octanol–water partition coefficient (Wildman–Crippen LogP) is 3.84. The van der Waals surface area contributed by atoms with E-state index in [2.05, 4.69) is 22.2 Å². The molecule has 1 aromatic carbocycles. The first-order chi connectivity index (χ1) is 10.7. The number of nitrogens with zero attached hydrogens (tertiary/aromatic N) is 2. The average Bonchev–Trinajstić information content (AvgIpc) is 2.56. The van der Waals surface area contributed by atoms with Crippen molar-refractivity contribution in [2.24, 2.45) is 0 Å². The van der Waals surface area contributed by atoms with E-state index in [9.17, 15) is 4.79 Å². The van der Waals surface area contributed by atoms with Crippen molar-refractivity contribution in [3.8, 4) is 11.4 Å². The molecule has 0 bridgehead atoms. The Balaban J connectivity index is 1.94. The van der Waals surface area contributed by atoms with Gasteiger partial charge in [0.15, 0.2) is 5.82 Å². The molecule has 4 heteroatoms. The van der Waals surface area contributed by atoms with E-state index in [0.29, 0.717) is 11.4 Å². The Kier molecular flexibility index (Phi) is 6.07. The number of rotatable bonds is 7. The van der Waals surface area contributed by atoms with Crippen molar-refractivity contribution < 1.29 is 4.79 Å². The summed E-state index contributed by atoms with van der Waals surface area (Å²) in [5, 5.41) is 3.00. The second-order valence-electron chi connectivity index (χ2n) is 5.53. The van der Waals surface area contributed by atoms with Gasteiger partial charge in [0, 0.05) is 24.0 Å². The van der Waals surface area contributed by atoms with Gasteiger partial charge in [0.2, 0.25) is 0 Å². The quantitative estimate of drug-likeness (QED) is 0.790. The molecule has 0 fully saturated rings. The van der Waals surface area contributed by atoms with E-state index in [1.54, 1.807) is 12.4 Å². The van der Waals surface area contributed by atoms with E-state index in [-0.39, 0.29) is 11.9 Å². The summed E-state index contributed by atoms with van der Waals surface area (Å²) in [6, 6.07) is 9.91. The number of hydrogen-bond donors (Lipinski definition) is 1. The lowest BCUT2D eigenvalue weighted by Gasteiger charge is -2.13. The number of amides is 1. The number of carbonyl (C=O) groups is 1. The molecule has 1 amide bonds. The molecular weight excluding hydrogens is 274 g/mol. The molecule has 0 saturated carbocycles. The predicted molar refractivity (Wildman–Crippen MR) is 88.5 cm³/mol. The van der Waals surface area contributed by atoms with E-state index >= 15 is 0 Å². The van der Waals surface area contributed by atoms with Crippen LogP contribution in [0.4, 0.5) is 0 Å². The van der Waals surface area contributed by atoms with Gasteiger partial charge in [0.25, 0.3) is 5.91 Å². The molecule has 22 heavy (non-hydrogen) atoms. The summed E-state index contributed by atoms with van der Waals surface area (Å²) in [4.78, 5) is 20.7. The molecule has 1 unspecified atom stereocenters. The van der Waals surface area contributed by atoms with Gasteiger partial charge in [-0.25, -0.2) is 9.97 Å². The maximum absolute atomic E-state index is 12.1. The molecule has 0 saturated heterocycles. The molecule has 2 aromatic rings. The maximum atomic E-state index is 12.1. The van der Waals surface area contributed by atoms with Gasteiger partial charge in [0.05, 0.1) is 5.56 Å². The zero-order valence-corrected chi connectivity index (χ0v) is 13.2. The minimum atomic E-state index is -0.108. The number of carbonyl (C=O) groups excluding carboxylic acids is 1. The largest absolute Gasteiger partial charge is 0.349 e. The van der Waals surface area contributed by atoms with Crippen LogP contribution >= 0.6 is 0 Å². The number of benzene rings is 1. The van der Waals surface area contributed by atoms with Gasteiger partial charge >= 0.3 is 0 Å². The van der Waals surface area contributed by atoms with E-state index in [1.807, 2.05) is 37.3 Å². The fraction of sp³-hybridized carbons (Fsp3) is 0.389. The molecule has 0 radical (unpaired) electrons. The second-order valence-corrected chi connectivity index (χ2v) is 5.53. The van der Waals surface area contributed by atoms with Crippen LogP contribution < -0.4 is 5.32 Å². The van der Waals surface area contributed by atoms with Crippen LogP contribution in [-0.4, -0.2) is 21.9 Å². The fourth-order valence-electron chi connectivity index (χ4n) is 2.26. The average molecular weight is 297 g/mol. The SMILES string of the molecule is CCCCCC(C)NC(=O)c1cnc(-c2ccccc2)nc1. The standard InChI is InChI=1S/C18H23N3O/c1-3-4-6-9-14(2)21-18(22)16-12-19-17(20-13-16)15-10-7-5-8-11-15/h5,7-8,10-14H,3-4,6,9H2,1-2H3,(H,21,22).